The van der Waals surface area contributed by atoms with Gasteiger partial charge in [0.15, 0.2) is 0 Å². The molecule has 0 amide bonds. The second kappa shape index (κ2) is 4.71. The first kappa shape index (κ1) is 11.2. The number of rotatable bonds is 3. The summed E-state index contributed by atoms with van der Waals surface area (Å²) in [6.07, 6.45) is 2.96. The van der Waals surface area contributed by atoms with Crippen LogP contribution in [0.15, 0.2) is 30.5 Å². The normalized spacial score (nSPS) is 10.7. The SMILES string of the molecule is CCc1ccc(Cn2ccc(C)n2)cc1Cl. The fourth-order valence-corrected chi connectivity index (χ4v) is 2.05. The highest BCUT2D eigenvalue weighted by Gasteiger charge is 2.01. The molecule has 0 fully saturated rings. The van der Waals surface area contributed by atoms with Crippen LogP contribution < -0.4 is 0 Å². The standard InChI is InChI=1S/C13H15ClN2/c1-3-12-5-4-11(8-13(12)14)9-16-7-6-10(2)15-16/h4-8H,3,9H2,1-2H3. The first-order valence-corrected chi connectivity index (χ1v) is 5.84. The summed E-state index contributed by atoms with van der Waals surface area (Å²) in [4.78, 5) is 0. The van der Waals surface area contributed by atoms with Gasteiger partial charge in [0, 0.05) is 11.2 Å². The third-order valence-corrected chi connectivity index (χ3v) is 2.97. The highest BCUT2D eigenvalue weighted by Crippen LogP contribution is 2.18. The van der Waals surface area contributed by atoms with Gasteiger partial charge in [-0.15, -0.1) is 0 Å². The number of hydrogen-bond donors (Lipinski definition) is 0. The molecular formula is C13H15ClN2. The molecule has 2 rings (SSSR count). The Morgan fingerprint density at radius 2 is 2.12 bits per heavy atom. The van der Waals surface area contributed by atoms with Crippen LogP contribution in [0.1, 0.15) is 23.7 Å². The fourth-order valence-electron chi connectivity index (χ4n) is 1.71. The molecule has 0 aliphatic carbocycles. The van der Waals surface area contributed by atoms with Gasteiger partial charge in [0.2, 0.25) is 0 Å². The van der Waals surface area contributed by atoms with E-state index in [0.717, 1.165) is 23.7 Å². The number of halogens is 1. The Morgan fingerprint density at radius 1 is 1.31 bits per heavy atom. The molecule has 1 heterocycles. The van der Waals surface area contributed by atoms with Crippen molar-refractivity contribution in [3.05, 3.63) is 52.3 Å². The zero-order chi connectivity index (χ0) is 11.5. The monoisotopic (exact) mass is 234 g/mol. The third kappa shape index (κ3) is 2.45. The van der Waals surface area contributed by atoms with Crippen molar-refractivity contribution in [2.45, 2.75) is 26.8 Å². The molecular weight excluding hydrogens is 220 g/mol. The van der Waals surface area contributed by atoms with Gasteiger partial charge in [-0.05, 0) is 36.6 Å². The maximum atomic E-state index is 6.17. The Morgan fingerprint density at radius 3 is 2.69 bits per heavy atom. The van der Waals surface area contributed by atoms with E-state index in [2.05, 4.69) is 24.2 Å². The summed E-state index contributed by atoms with van der Waals surface area (Å²) in [6, 6.07) is 8.23. The Labute approximate surface area is 101 Å². The predicted molar refractivity (Wildman–Crippen MR) is 66.9 cm³/mol. The molecule has 0 spiro atoms. The number of benzene rings is 1. The highest BCUT2D eigenvalue weighted by molar-refractivity contribution is 6.31. The van der Waals surface area contributed by atoms with Crippen molar-refractivity contribution >= 4 is 11.6 Å². The summed E-state index contributed by atoms with van der Waals surface area (Å²) in [5.41, 5.74) is 3.42. The Bertz CT molecular complexity index is 488. The van der Waals surface area contributed by atoms with E-state index >= 15 is 0 Å². The van der Waals surface area contributed by atoms with Gasteiger partial charge in [-0.25, -0.2) is 0 Å². The minimum Gasteiger partial charge on any atom is -0.268 e. The first-order chi connectivity index (χ1) is 7.69. The van der Waals surface area contributed by atoms with Crippen LogP contribution in [-0.4, -0.2) is 9.78 Å². The quantitative estimate of drug-likeness (QED) is 0.796. The van der Waals surface area contributed by atoms with Crippen molar-refractivity contribution in [2.24, 2.45) is 0 Å². The molecule has 2 nitrogen and oxygen atoms in total. The van der Waals surface area contributed by atoms with Gasteiger partial charge in [-0.2, -0.15) is 5.10 Å². The topological polar surface area (TPSA) is 17.8 Å². The van der Waals surface area contributed by atoms with Crippen LogP contribution in [0, 0.1) is 6.92 Å². The molecule has 1 aromatic heterocycles. The summed E-state index contributed by atoms with van der Waals surface area (Å²) < 4.78 is 1.92. The number of hydrogen-bond acceptors (Lipinski definition) is 1. The van der Waals surface area contributed by atoms with Crippen molar-refractivity contribution in [3.8, 4) is 0 Å². The van der Waals surface area contributed by atoms with Gasteiger partial charge in [0.05, 0.1) is 12.2 Å². The lowest BCUT2D eigenvalue weighted by molar-refractivity contribution is 0.679. The van der Waals surface area contributed by atoms with Gasteiger partial charge in [0.1, 0.15) is 0 Å². The molecule has 1 aromatic carbocycles. The van der Waals surface area contributed by atoms with Crippen LogP contribution in [0.25, 0.3) is 0 Å². The second-order valence-electron chi connectivity index (χ2n) is 3.93. The number of aromatic nitrogens is 2. The van der Waals surface area contributed by atoms with Crippen molar-refractivity contribution in [1.82, 2.24) is 9.78 Å². The largest absolute Gasteiger partial charge is 0.268 e. The van der Waals surface area contributed by atoms with Gasteiger partial charge in [-0.1, -0.05) is 30.7 Å². The summed E-state index contributed by atoms with van der Waals surface area (Å²) in [6.45, 7) is 4.87. The number of aryl methyl sites for hydroxylation is 2. The molecule has 0 aliphatic heterocycles. The van der Waals surface area contributed by atoms with Crippen LogP contribution in [-0.2, 0) is 13.0 Å². The average molecular weight is 235 g/mol. The lowest BCUT2D eigenvalue weighted by Crippen LogP contribution is -2.00. The first-order valence-electron chi connectivity index (χ1n) is 5.46. The highest BCUT2D eigenvalue weighted by atomic mass is 35.5. The van der Waals surface area contributed by atoms with Crippen molar-refractivity contribution in [2.75, 3.05) is 0 Å². The Kier molecular flexibility index (Phi) is 3.30. The van der Waals surface area contributed by atoms with E-state index in [4.69, 9.17) is 11.6 Å². The molecule has 3 heteroatoms. The third-order valence-electron chi connectivity index (χ3n) is 2.62. The lowest BCUT2D eigenvalue weighted by Gasteiger charge is -2.05. The summed E-state index contributed by atoms with van der Waals surface area (Å²) in [5, 5.41) is 5.20. The molecule has 16 heavy (non-hydrogen) atoms. The van der Waals surface area contributed by atoms with Crippen molar-refractivity contribution in [1.29, 1.82) is 0 Å². The summed E-state index contributed by atoms with van der Waals surface area (Å²) in [7, 11) is 0. The Hall–Kier alpha value is -1.28. The molecule has 0 N–H and O–H groups in total. The molecule has 2 aromatic rings. The zero-order valence-electron chi connectivity index (χ0n) is 9.57. The lowest BCUT2D eigenvalue weighted by atomic mass is 10.1. The van der Waals surface area contributed by atoms with E-state index in [1.807, 2.05) is 29.9 Å². The average Bonchev–Trinajstić information content (AvgIpc) is 2.64. The van der Waals surface area contributed by atoms with E-state index in [1.165, 1.54) is 11.1 Å². The maximum Gasteiger partial charge on any atom is 0.0659 e. The van der Waals surface area contributed by atoms with E-state index in [1.54, 1.807) is 0 Å². The Balaban J connectivity index is 2.19. The molecule has 0 aliphatic rings. The zero-order valence-corrected chi connectivity index (χ0v) is 10.3. The van der Waals surface area contributed by atoms with Crippen LogP contribution in [0.3, 0.4) is 0 Å². The number of nitrogens with zero attached hydrogens (tertiary/aromatic N) is 2. The molecule has 0 saturated carbocycles. The summed E-state index contributed by atoms with van der Waals surface area (Å²) >= 11 is 6.17. The maximum absolute atomic E-state index is 6.17. The smallest absolute Gasteiger partial charge is 0.0659 e. The summed E-state index contributed by atoms with van der Waals surface area (Å²) in [5.74, 6) is 0. The van der Waals surface area contributed by atoms with E-state index < -0.39 is 0 Å². The van der Waals surface area contributed by atoms with Crippen molar-refractivity contribution < 1.29 is 0 Å². The molecule has 0 saturated heterocycles. The van der Waals surface area contributed by atoms with Gasteiger partial charge < -0.3 is 0 Å². The van der Waals surface area contributed by atoms with Crippen LogP contribution in [0.4, 0.5) is 0 Å². The predicted octanol–water partition coefficient (Wildman–Crippen LogP) is 3.46. The van der Waals surface area contributed by atoms with Crippen molar-refractivity contribution in [3.63, 3.8) is 0 Å². The molecule has 0 atom stereocenters. The fraction of sp³-hybridized carbons (Fsp3) is 0.308. The van der Waals surface area contributed by atoms with E-state index in [-0.39, 0.29) is 0 Å². The molecule has 0 bridgehead atoms. The van der Waals surface area contributed by atoms with Gasteiger partial charge in [0.25, 0.3) is 0 Å². The van der Waals surface area contributed by atoms with Crippen LogP contribution in [0.5, 0.6) is 0 Å². The van der Waals surface area contributed by atoms with E-state index in [0.29, 0.717) is 0 Å². The molecule has 0 radical (unpaired) electrons. The molecule has 84 valence electrons. The van der Waals surface area contributed by atoms with E-state index in [9.17, 15) is 0 Å². The van der Waals surface area contributed by atoms with Gasteiger partial charge >= 0.3 is 0 Å². The second-order valence-corrected chi connectivity index (χ2v) is 4.34. The van der Waals surface area contributed by atoms with Crippen LogP contribution >= 0.6 is 11.6 Å². The van der Waals surface area contributed by atoms with Gasteiger partial charge in [-0.3, -0.25) is 4.68 Å². The molecule has 0 unspecified atom stereocenters. The van der Waals surface area contributed by atoms with Crippen LogP contribution in [0.2, 0.25) is 5.02 Å². The minimum absolute atomic E-state index is 0.775. The minimum atomic E-state index is 0.775.